The molecule has 0 bridgehead atoms. The van der Waals surface area contributed by atoms with Gasteiger partial charge in [-0.25, -0.2) is 18.6 Å². The van der Waals surface area contributed by atoms with Crippen molar-refractivity contribution < 1.29 is 19.1 Å². The summed E-state index contributed by atoms with van der Waals surface area (Å²) in [5.41, 5.74) is -0.130. The van der Waals surface area contributed by atoms with E-state index in [1.165, 1.54) is 40.8 Å². The summed E-state index contributed by atoms with van der Waals surface area (Å²) in [6, 6.07) is 6.17. The number of fused-ring (bicyclic) bond motifs is 5. The van der Waals surface area contributed by atoms with Gasteiger partial charge in [-0.2, -0.15) is 5.10 Å². The smallest absolute Gasteiger partial charge is 0.284 e. The number of anilines is 2. The van der Waals surface area contributed by atoms with Gasteiger partial charge in [-0.1, -0.05) is 24.2 Å². The van der Waals surface area contributed by atoms with E-state index in [1.54, 1.807) is 32.8 Å². The molecule has 1 aromatic carbocycles. The molecule has 11 nitrogen and oxygen atoms in total. The quantitative estimate of drug-likeness (QED) is 0.361. The number of carbonyl (C=O) groups excluding carboxylic acids is 2. The van der Waals surface area contributed by atoms with Gasteiger partial charge in [0.15, 0.2) is 5.65 Å². The normalized spacial score (nSPS) is 16.7. The Bertz CT molecular complexity index is 1850. The second-order valence-electron chi connectivity index (χ2n) is 10.5. The monoisotopic (exact) mass is 591 g/mol. The van der Waals surface area contributed by atoms with Crippen LogP contribution < -0.4 is 15.4 Å². The maximum Gasteiger partial charge on any atom is 0.284 e. The zero-order valence-electron chi connectivity index (χ0n) is 23.1. The van der Waals surface area contributed by atoms with Crippen LogP contribution in [0.1, 0.15) is 19.9 Å². The Morgan fingerprint density at radius 3 is 2.67 bits per heavy atom. The van der Waals surface area contributed by atoms with Gasteiger partial charge in [0.25, 0.3) is 11.5 Å². The molecule has 2 amide bonds. The first-order valence-corrected chi connectivity index (χ1v) is 13.7. The van der Waals surface area contributed by atoms with Crippen molar-refractivity contribution >= 4 is 45.8 Å². The number of halogens is 2. The van der Waals surface area contributed by atoms with E-state index in [2.05, 4.69) is 11.7 Å². The van der Waals surface area contributed by atoms with Gasteiger partial charge in [-0.15, -0.1) is 0 Å². The number of hydrogen-bond donors (Lipinski definition) is 1. The van der Waals surface area contributed by atoms with Crippen molar-refractivity contribution in [1.82, 2.24) is 24.2 Å². The second kappa shape index (κ2) is 9.98. The summed E-state index contributed by atoms with van der Waals surface area (Å²) in [4.78, 5) is 49.9. The Morgan fingerprint density at radius 2 is 1.98 bits per heavy atom. The SMILES string of the molecule is C=CC(=O)N1CCN2c3c(c(=O)n(-c4ccnn4C(C)C)c4nc(-c5c(O)cccc5F)c(Cl)cc34)N(C)C(=O)[C@H]2C1. The summed E-state index contributed by atoms with van der Waals surface area (Å²) >= 11 is 6.74. The zero-order valence-corrected chi connectivity index (χ0v) is 23.8. The molecule has 1 saturated heterocycles. The minimum Gasteiger partial charge on any atom is -0.507 e. The van der Waals surface area contributed by atoms with Gasteiger partial charge in [0.2, 0.25) is 5.91 Å². The summed E-state index contributed by atoms with van der Waals surface area (Å²) in [7, 11) is 1.52. The molecular formula is C29H27ClFN7O4. The van der Waals surface area contributed by atoms with Gasteiger partial charge in [-0.05, 0) is 38.1 Å². The molecular weight excluding hydrogens is 565 g/mol. The van der Waals surface area contributed by atoms with Crippen molar-refractivity contribution in [2.24, 2.45) is 0 Å². The third-order valence-corrected chi connectivity index (χ3v) is 8.04. The molecule has 6 rings (SSSR count). The fraction of sp³-hybridized carbons (Fsp3) is 0.276. The Labute approximate surface area is 244 Å². The summed E-state index contributed by atoms with van der Waals surface area (Å²) < 4.78 is 18.0. The Morgan fingerprint density at radius 1 is 1.21 bits per heavy atom. The van der Waals surface area contributed by atoms with E-state index in [0.29, 0.717) is 23.4 Å². The highest BCUT2D eigenvalue weighted by atomic mass is 35.5. The van der Waals surface area contributed by atoms with Crippen molar-refractivity contribution in [3.05, 3.63) is 70.4 Å². The Balaban J connectivity index is 1.71. The largest absolute Gasteiger partial charge is 0.507 e. The van der Waals surface area contributed by atoms with Crippen LogP contribution in [0.25, 0.3) is 28.1 Å². The summed E-state index contributed by atoms with van der Waals surface area (Å²) in [5, 5.41) is 15.4. The van der Waals surface area contributed by atoms with Crippen molar-refractivity contribution in [3.63, 3.8) is 0 Å². The molecule has 2 aliphatic rings. The van der Waals surface area contributed by atoms with Gasteiger partial charge in [-0.3, -0.25) is 14.4 Å². The van der Waals surface area contributed by atoms with Crippen LogP contribution in [-0.4, -0.2) is 73.9 Å². The van der Waals surface area contributed by atoms with Gasteiger partial charge in [0.1, 0.15) is 29.1 Å². The molecule has 2 aliphatic heterocycles. The number of piperazine rings is 1. The number of aromatic nitrogens is 4. The number of pyridine rings is 2. The minimum atomic E-state index is -0.770. The van der Waals surface area contributed by atoms with Crippen LogP contribution in [0.4, 0.5) is 15.8 Å². The zero-order chi connectivity index (χ0) is 30.0. The van der Waals surface area contributed by atoms with E-state index in [1.807, 2.05) is 13.8 Å². The summed E-state index contributed by atoms with van der Waals surface area (Å²) in [6.07, 6.45) is 2.75. The number of amides is 2. The van der Waals surface area contributed by atoms with Crippen LogP contribution in [0.15, 0.2) is 54.0 Å². The number of rotatable bonds is 4. The van der Waals surface area contributed by atoms with Crippen molar-refractivity contribution in [2.45, 2.75) is 25.9 Å². The maximum absolute atomic E-state index is 15.0. The van der Waals surface area contributed by atoms with E-state index < -0.39 is 17.4 Å². The molecule has 42 heavy (non-hydrogen) atoms. The highest BCUT2D eigenvalue weighted by Crippen LogP contribution is 2.44. The topological polar surface area (TPSA) is 117 Å². The van der Waals surface area contributed by atoms with E-state index >= 15 is 4.39 Å². The molecule has 13 heteroatoms. The molecule has 0 saturated carbocycles. The minimum absolute atomic E-state index is 0.0317. The number of likely N-dealkylation sites (N-methyl/N-ethyl adjacent to an activating group) is 1. The molecule has 1 N–H and O–H groups in total. The predicted molar refractivity (Wildman–Crippen MR) is 157 cm³/mol. The van der Waals surface area contributed by atoms with Crippen molar-refractivity contribution in [2.75, 3.05) is 36.5 Å². The molecule has 3 aromatic heterocycles. The molecule has 1 fully saturated rings. The summed E-state index contributed by atoms with van der Waals surface area (Å²) in [6.45, 7) is 8.01. The average Bonchev–Trinajstić information content (AvgIpc) is 3.45. The van der Waals surface area contributed by atoms with E-state index in [9.17, 15) is 19.5 Å². The lowest BCUT2D eigenvalue weighted by Crippen LogP contribution is -2.63. The average molecular weight is 592 g/mol. The van der Waals surface area contributed by atoms with E-state index in [-0.39, 0.29) is 64.3 Å². The molecule has 0 radical (unpaired) electrons. The predicted octanol–water partition coefficient (Wildman–Crippen LogP) is 3.51. The highest BCUT2D eigenvalue weighted by molar-refractivity contribution is 6.34. The number of nitrogens with zero attached hydrogens (tertiary/aromatic N) is 7. The van der Waals surface area contributed by atoms with Crippen LogP contribution in [0.3, 0.4) is 0 Å². The summed E-state index contributed by atoms with van der Waals surface area (Å²) in [5.74, 6) is -1.37. The van der Waals surface area contributed by atoms with E-state index in [0.717, 1.165) is 0 Å². The van der Waals surface area contributed by atoms with Crippen LogP contribution in [-0.2, 0) is 9.59 Å². The number of benzene rings is 1. The lowest BCUT2D eigenvalue weighted by atomic mass is 10.0. The van der Waals surface area contributed by atoms with Crippen molar-refractivity contribution in [1.29, 1.82) is 0 Å². The molecule has 0 aliphatic carbocycles. The fourth-order valence-corrected chi connectivity index (χ4v) is 6.04. The number of aromatic hydroxyl groups is 1. The number of phenols is 1. The molecule has 216 valence electrons. The lowest BCUT2D eigenvalue weighted by molar-refractivity contribution is -0.128. The molecule has 1 atom stereocenters. The van der Waals surface area contributed by atoms with Gasteiger partial charge in [0.05, 0.1) is 34.7 Å². The maximum atomic E-state index is 15.0. The van der Waals surface area contributed by atoms with Crippen LogP contribution in [0.2, 0.25) is 5.02 Å². The van der Waals surface area contributed by atoms with Crippen LogP contribution in [0.5, 0.6) is 5.75 Å². The van der Waals surface area contributed by atoms with Crippen molar-refractivity contribution in [3.8, 4) is 22.8 Å². The number of phenolic OH excluding ortho intramolecular Hbond substituents is 1. The Kier molecular flexibility index (Phi) is 6.53. The van der Waals surface area contributed by atoms with Crippen LogP contribution in [0, 0.1) is 5.82 Å². The number of carbonyl (C=O) groups is 2. The highest BCUT2D eigenvalue weighted by Gasteiger charge is 2.44. The van der Waals surface area contributed by atoms with Gasteiger partial charge in [0, 0.05) is 37.6 Å². The standard InChI is InChI=1S/C29H27ClFN7O4/c1-5-22(40)35-11-12-36-19(14-35)28(41)34(4)26-25(36)16-13-17(30)24(23-18(31)7-6-8-20(23)39)33-27(16)37(29(26)42)21-9-10-32-38(21)15(2)3/h5-10,13,15,19,39H,1,11-12,14H2,2-4H3/t19-/m1/s1. The molecule has 5 heterocycles. The number of hydrogen-bond acceptors (Lipinski definition) is 7. The van der Waals surface area contributed by atoms with Gasteiger partial charge < -0.3 is 19.8 Å². The lowest BCUT2D eigenvalue weighted by Gasteiger charge is -2.47. The first-order chi connectivity index (χ1) is 20.0. The first-order valence-electron chi connectivity index (χ1n) is 13.3. The Hall–Kier alpha value is -4.71. The molecule has 0 unspecified atom stereocenters. The molecule has 4 aromatic rings. The van der Waals surface area contributed by atoms with E-state index in [4.69, 9.17) is 16.6 Å². The van der Waals surface area contributed by atoms with Gasteiger partial charge >= 0.3 is 0 Å². The first kappa shape index (κ1) is 27.5. The third-order valence-electron chi connectivity index (χ3n) is 7.75. The molecule has 0 spiro atoms. The second-order valence-corrected chi connectivity index (χ2v) is 10.9. The van der Waals surface area contributed by atoms with Crippen LogP contribution >= 0.6 is 11.6 Å². The third kappa shape index (κ3) is 3.97. The fourth-order valence-electron chi connectivity index (χ4n) is 5.79.